The molecule has 0 radical (unpaired) electrons. The van der Waals surface area contributed by atoms with E-state index in [0.29, 0.717) is 13.2 Å². The van der Waals surface area contributed by atoms with Crippen molar-refractivity contribution in [3.63, 3.8) is 0 Å². The van der Waals surface area contributed by atoms with Gasteiger partial charge in [-0.15, -0.1) is 0 Å². The molecule has 0 bridgehead atoms. The number of rotatable bonds is 3. The van der Waals surface area contributed by atoms with E-state index in [1.165, 1.54) is 0 Å². The lowest BCUT2D eigenvalue weighted by Gasteiger charge is -2.20. The highest BCUT2D eigenvalue weighted by atomic mass is 32.2. The minimum absolute atomic E-state index is 0.139. The van der Waals surface area contributed by atoms with E-state index in [1.807, 2.05) is 13.0 Å². The summed E-state index contributed by atoms with van der Waals surface area (Å²) >= 11 is 1.67. The molecule has 0 amide bonds. The predicted molar refractivity (Wildman–Crippen MR) is 59.8 cm³/mol. The van der Waals surface area contributed by atoms with Crippen LogP contribution in [0.15, 0.2) is 11.2 Å². The molecule has 0 aromatic carbocycles. The minimum Gasteiger partial charge on any atom is -0.507 e. The van der Waals surface area contributed by atoms with Crippen LogP contribution in [0.4, 0.5) is 0 Å². The molecular formula is C9H17BO3S. The molecule has 1 heterocycles. The molecule has 3 nitrogen and oxygen atoms in total. The Balaban J connectivity index is 2.39. The third-order valence-electron chi connectivity index (χ3n) is 1.45. The number of thioether (sulfide) groups is 1. The van der Waals surface area contributed by atoms with E-state index in [2.05, 4.69) is 20.8 Å². The molecule has 0 aromatic rings. The van der Waals surface area contributed by atoms with Crippen molar-refractivity contribution in [1.29, 1.82) is 0 Å². The molecule has 1 aliphatic rings. The first-order valence-corrected chi connectivity index (χ1v) is 5.58. The lowest BCUT2D eigenvalue weighted by Crippen LogP contribution is -2.20. The van der Waals surface area contributed by atoms with Crippen molar-refractivity contribution in [3.8, 4) is 0 Å². The summed E-state index contributed by atoms with van der Waals surface area (Å²) in [6, 6.07) is 0. The van der Waals surface area contributed by atoms with Crippen LogP contribution in [-0.2, 0) is 14.0 Å². The van der Waals surface area contributed by atoms with E-state index < -0.39 is 7.32 Å². The molecule has 0 atom stereocenters. The quantitative estimate of drug-likeness (QED) is 0.534. The van der Waals surface area contributed by atoms with Gasteiger partial charge in [0.1, 0.15) is 5.09 Å². The molecule has 0 aliphatic carbocycles. The Hall–Kier alpha value is -0.125. The maximum atomic E-state index is 5.52. The average molecular weight is 216 g/mol. The molecule has 0 aromatic heterocycles. The zero-order valence-corrected chi connectivity index (χ0v) is 10.0. The summed E-state index contributed by atoms with van der Waals surface area (Å²) in [4.78, 5) is 0. The van der Waals surface area contributed by atoms with Crippen molar-refractivity contribution >= 4 is 19.1 Å². The van der Waals surface area contributed by atoms with Gasteiger partial charge in [0.15, 0.2) is 0 Å². The smallest absolute Gasteiger partial charge is 0.507 e. The second-order valence-corrected chi connectivity index (χ2v) is 5.80. The molecule has 1 saturated heterocycles. The van der Waals surface area contributed by atoms with Crippen LogP contribution in [0.25, 0.3) is 0 Å². The topological polar surface area (TPSA) is 27.7 Å². The molecule has 1 aliphatic heterocycles. The van der Waals surface area contributed by atoms with Gasteiger partial charge in [0.2, 0.25) is 0 Å². The Morgan fingerprint density at radius 3 is 2.36 bits per heavy atom. The highest BCUT2D eigenvalue weighted by Gasteiger charge is 2.30. The summed E-state index contributed by atoms with van der Waals surface area (Å²) in [7, 11) is -0.518. The second kappa shape index (κ2) is 5.10. The summed E-state index contributed by atoms with van der Waals surface area (Å²) in [6.07, 6.45) is 1.93. The van der Waals surface area contributed by atoms with Crippen molar-refractivity contribution in [2.45, 2.75) is 32.4 Å². The van der Waals surface area contributed by atoms with E-state index in [1.54, 1.807) is 11.8 Å². The Labute approximate surface area is 90.4 Å². The SMILES string of the molecule is CC=C(OB1OCCO1)SC(C)(C)C. The van der Waals surface area contributed by atoms with Crippen LogP contribution in [-0.4, -0.2) is 25.3 Å². The maximum Gasteiger partial charge on any atom is 0.713 e. The Morgan fingerprint density at radius 2 is 1.93 bits per heavy atom. The largest absolute Gasteiger partial charge is 0.713 e. The first kappa shape index (κ1) is 11.9. The van der Waals surface area contributed by atoms with Gasteiger partial charge >= 0.3 is 7.32 Å². The summed E-state index contributed by atoms with van der Waals surface area (Å²) in [6.45, 7) is 9.59. The molecule has 0 unspecified atom stereocenters. The van der Waals surface area contributed by atoms with Gasteiger partial charge < -0.3 is 14.0 Å². The van der Waals surface area contributed by atoms with Gasteiger partial charge in [-0.25, -0.2) is 0 Å². The number of allylic oxidation sites excluding steroid dienone is 1. The molecule has 0 N–H and O–H groups in total. The summed E-state index contributed by atoms with van der Waals surface area (Å²) in [5, 5.41) is 0.851. The molecule has 14 heavy (non-hydrogen) atoms. The first-order chi connectivity index (χ1) is 6.51. The molecule has 1 fully saturated rings. The first-order valence-electron chi connectivity index (χ1n) is 4.76. The van der Waals surface area contributed by atoms with Crippen molar-refractivity contribution < 1.29 is 14.0 Å². The molecular weight excluding hydrogens is 199 g/mol. The van der Waals surface area contributed by atoms with E-state index in [4.69, 9.17) is 14.0 Å². The standard InChI is InChI=1S/C9H17BO3S/c1-5-8(14-9(2,3)4)13-10-11-6-7-12-10/h5H,6-7H2,1-4H3. The van der Waals surface area contributed by atoms with Crippen molar-refractivity contribution in [2.75, 3.05) is 13.2 Å². The number of hydrogen-bond acceptors (Lipinski definition) is 4. The molecule has 80 valence electrons. The van der Waals surface area contributed by atoms with Crippen LogP contribution in [0.1, 0.15) is 27.7 Å². The molecule has 0 saturated carbocycles. The van der Waals surface area contributed by atoms with E-state index in [0.717, 1.165) is 5.09 Å². The second-order valence-electron chi connectivity index (χ2n) is 3.97. The fourth-order valence-electron chi connectivity index (χ4n) is 0.952. The lowest BCUT2D eigenvalue weighted by molar-refractivity contribution is 0.238. The molecule has 5 heteroatoms. The van der Waals surface area contributed by atoms with Crippen LogP contribution in [0.5, 0.6) is 0 Å². The number of hydrogen-bond donors (Lipinski definition) is 0. The normalized spacial score (nSPS) is 18.9. The summed E-state index contributed by atoms with van der Waals surface area (Å²) < 4.78 is 16.1. The van der Waals surface area contributed by atoms with Gasteiger partial charge in [-0.05, 0) is 13.0 Å². The maximum absolute atomic E-state index is 5.52. The molecule has 0 spiro atoms. The predicted octanol–water partition coefficient (Wildman–Crippen LogP) is 2.43. The molecule has 1 rings (SSSR count). The van der Waals surface area contributed by atoms with E-state index in [-0.39, 0.29) is 4.75 Å². The fraction of sp³-hybridized carbons (Fsp3) is 0.778. The van der Waals surface area contributed by atoms with Crippen LogP contribution >= 0.6 is 11.8 Å². The van der Waals surface area contributed by atoms with Crippen molar-refractivity contribution in [3.05, 3.63) is 11.2 Å². The van der Waals surface area contributed by atoms with Gasteiger partial charge in [-0.1, -0.05) is 32.5 Å². The Kier molecular flexibility index (Phi) is 4.35. The van der Waals surface area contributed by atoms with Gasteiger partial charge in [0, 0.05) is 4.75 Å². The average Bonchev–Trinajstić information content (AvgIpc) is 2.53. The van der Waals surface area contributed by atoms with Gasteiger partial charge in [0.25, 0.3) is 0 Å². The minimum atomic E-state index is -0.518. The summed E-state index contributed by atoms with van der Waals surface area (Å²) in [5.74, 6) is 0. The highest BCUT2D eigenvalue weighted by molar-refractivity contribution is 8.04. The van der Waals surface area contributed by atoms with Crippen molar-refractivity contribution in [2.24, 2.45) is 0 Å². The van der Waals surface area contributed by atoms with Crippen LogP contribution in [0.2, 0.25) is 0 Å². The third kappa shape index (κ3) is 4.40. The zero-order chi connectivity index (χ0) is 10.6. The lowest BCUT2D eigenvalue weighted by atomic mass is 10.2. The Bertz CT molecular complexity index is 207. The van der Waals surface area contributed by atoms with E-state index >= 15 is 0 Å². The van der Waals surface area contributed by atoms with Gasteiger partial charge in [-0.2, -0.15) is 0 Å². The zero-order valence-electron chi connectivity index (χ0n) is 9.20. The fourth-order valence-corrected chi connectivity index (χ4v) is 1.80. The van der Waals surface area contributed by atoms with Gasteiger partial charge in [0.05, 0.1) is 13.2 Å². The van der Waals surface area contributed by atoms with E-state index in [9.17, 15) is 0 Å². The van der Waals surface area contributed by atoms with Gasteiger partial charge in [-0.3, -0.25) is 0 Å². The highest BCUT2D eigenvalue weighted by Crippen LogP contribution is 2.32. The third-order valence-corrected chi connectivity index (χ3v) is 2.59. The van der Waals surface area contributed by atoms with Crippen LogP contribution in [0.3, 0.4) is 0 Å². The van der Waals surface area contributed by atoms with Crippen LogP contribution in [0, 0.1) is 0 Å². The van der Waals surface area contributed by atoms with Crippen molar-refractivity contribution in [1.82, 2.24) is 0 Å². The van der Waals surface area contributed by atoms with Crippen LogP contribution < -0.4 is 0 Å². The summed E-state index contributed by atoms with van der Waals surface area (Å²) in [5.41, 5.74) is 0. The monoisotopic (exact) mass is 216 g/mol. The Morgan fingerprint density at radius 1 is 1.36 bits per heavy atom.